The third-order valence-corrected chi connectivity index (χ3v) is 5.80. The summed E-state index contributed by atoms with van der Waals surface area (Å²) in [6, 6.07) is 4.92. The van der Waals surface area contributed by atoms with E-state index in [4.69, 9.17) is 9.83 Å². The van der Waals surface area contributed by atoms with E-state index in [2.05, 4.69) is 10.3 Å². The maximum Gasteiger partial charge on any atom is 0.405 e. The summed E-state index contributed by atoms with van der Waals surface area (Å²) in [5.74, 6) is -1.04. The van der Waals surface area contributed by atoms with Crippen LogP contribution in [0.15, 0.2) is 41.1 Å². The molecule has 3 heterocycles. The van der Waals surface area contributed by atoms with Crippen LogP contribution in [0.25, 0.3) is 11.0 Å². The zero-order valence-electron chi connectivity index (χ0n) is 18.2. The largest absolute Gasteiger partial charge is 0.464 e. The van der Waals surface area contributed by atoms with Crippen molar-refractivity contribution in [1.82, 2.24) is 9.88 Å². The first-order valence-electron chi connectivity index (χ1n) is 10.5. The Bertz CT molecular complexity index is 1240. The van der Waals surface area contributed by atoms with E-state index in [-0.39, 0.29) is 46.7 Å². The highest BCUT2D eigenvalue weighted by atomic mass is 19.4. The van der Waals surface area contributed by atoms with E-state index in [1.165, 1.54) is 35.4 Å². The highest BCUT2D eigenvalue weighted by Crippen LogP contribution is 2.29. The standard InChI is InChI=1S/C23H22F4N4O3/c1-22(33)4-6-31(7-5-22)21(32)18-9-17(30-12-23(25,26)27)15(10-29-18)20(28)16-11-34-19-3-2-13(24)8-14(16)19/h2-3,8-11,28,33H,4-7,12H2,1H3,(H,29,30). The predicted molar refractivity (Wildman–Crippen MR) is 117 cm³/mol. The molecular formula is C23H22F4N4O3. The maximum absolute atomic E-state index is 13.7. The lowest BCUT2D eigenvalue weighted by atomic mass is 9.93. The van der Waals surface area contributed by atoms with Crippen LogP contribution >= 0.6 is 0 Å². The molecule has 11 heteroatoms. The van der Waals surface area contributed by atoms with Crippen molar-refractivity contribution in [3.8, 4) is 0 Å². The molecule has 0 bridgehead atoms. The number of fused-ring (bicyclic) bond motifs is 1. The number of carbonyl (C=O) groups is 1. The minimum atomic E-state index is -4.54. The maximum atomic E-state index is 13.7. The molecule has 0 aliphatic carbocycles. The number of carbonyl (C=O) groups excluding carboxylic acids is 1. The Balaban J connectivity index is 1.68. The van der Waals surface area contributed by atoms with Gasteiger partial charge < -0.3 is 19.7 Å². The lowest BCUT2D eigenvalue weighted by Gasteiger charge is -2.35. The zero-order chi connectivity index (χ0) is 24.7. The fraction of sp³-hybridized carbons (Fsp3) is 0.348. The van der Waals surface area contributed by atoms with Gasteiger partial charge in [0, 0.05) is 41.5 Å². The summed E-state index contributed by atoms with van der Waals surface area (Å²) >= 11 is 0. The average Bonchev–Trinajstić information content (AvgIpc) is 3.19. The summed E-state index contributed by atoms with van der Waals surface area (Å²) in [4.78, 5) is 18.5. The number of anilines is 1. The number of rotatable bonds is 5. The molecule has 0 radical (unpaired) electrons. The van der Waals surface area contributed by atoms with Crippen molar-refractivity contribution in [1.29, 1.82) is 5.41 Å². The molecule has 1 amide bonds. The van der Waals surface area contributed by atoms with Gasteiger partial charge in [0.15, 0.2) is 0 Å². The first kappa shape index (κ1) is 23.7. The normalized spacial score (nSPS) is 16.0. The molecule has 180 valence electrons. The van der Waals surface area contributed by atoms with E-state index in [9.17, 15) is 27.5 Å². The molecule has 0 spiro atoms. The fourth-order valence-electron chi connectivity index (χ4n) is 3.81. The smallest absolute Gasteiger partial charge is 0.405 e. The molecule has 7 nitrogen and oxygen atoms in total. The summed E-state index contributed by atoms with van der Waals surface area (Å²) < 4.78 is 57.9. The molecule has 0 saturated carbocycles. The number of nitrogens with one attached hydrogen (secondary N) is 2. The SMILES string of the molecule is CC1(O)CCN(C(=O)c2cc(NCC(F)(F)F)c(C(=N)c3coc4ccc(F)cc34)cn2)CC1. The van der Waals surface area contributed by atoms with Gasteiger partial charge in [0.1, 0.15) is 29.9 Å². The minimum absolute atomic E-state index is 0.00524. The van der Waals surface area contributed by atoms with Crippen molar-refractivity contribution in [2.75, 3.05) is 25.0 Å². The highest BCUT2D eigenvalue weighted by molar-refractivity contribution is 6.19. The summed E-state index contributed by atoms with van der Waals surface area (Å²) in [6.45, 7) is 0.849. The van der Waals surface area contributed by atoms with Crippen molar-refractivity contribution in [3.05, 3.63) is 59.4 Å². The summed E-state index contributed by atoms with van der Waals surface area (Å²) in [5.41, 5.74) is -0.851. The van der Waals surface area contributed by atoms with Crippen molar-refractivity contribution in [2.45, 2.75) is 31.5 Å². The van der Waals surface area contributed by atoms with Crippen molar-refractivity contribution < 1.29 is 31.9 Å². The number of hydrogen-bond acceptors (Lipinski definition) is 6. The summed E-state index contributed by atoms with van der Waals surface area (Å²) in [5, 5.41) is 21.2. The van der Waals surface area contributed by atoms with E-state index < -0.39 is 30.0 Å². The molecule has 4 rings (SSSR count). The Kier molecular flexibility index (Phi) is 6.07. The Labute approximate surface area is 191 Å². The van der Waals surface area contributed by atoms with E-state index >= 15 is 0 Å². The molecule has 2 aromatic heterocycles. The number of benzene rings is 1. The molecular weight excluding hydrogens is 456 g/mol. The third-order valence-electron chi connectivity index (χ3n) is 5.80. The van der Waals surface area contributed by atoms with Crippen molar-refractivity contribution >= 4 is 28.3 Å². The van der Waals surface area contributed by atoms with Gasteiger partial charge in [-0.05, 0) is 44.0 Å². The van der Waals surface area contributed by atoms with Gasteiger partial charge in [0.25, 0.3) is 5.91 Å². The van der Waals surface area contributed by atoms with Crippen LogP contribution in [0.1, 0.15) is 41.4 Å². The summed E-state index contributed by atoms with van der Waals surface area (Å²) in [7, 11) is 0. The molecule has 3 N–H and O–H groups in total. The Morgan fingerprint density at radius 3 is 2.65 bits per heavy atom. The topological polar surface area (TPSA) is 102 Å². The Morgan fingerprint density at radius 2 is 1.97 bits per heavy atom. The Morgan fingerprint density at radius 1 is 1.26 bits per heavy atom. The van der Waals surface area contributed by atoms with E-state index in [0.717, 1.165) is 6.20 Å². The molecule has 0 atom stereocenters. The fourth-order valence-corrected chi connectivity index (χ4v) is 3.81. The van der Waals surface area contributed by atoms with E-state index in [0.29, 0.717) is 18.4 Å². The minimum Gasteiger partial charge on any atom is -0.464 e. The van der Waals surface area contributed by atoms with Gasteiger partial charge in [-0.15, -0.1) is 0 Å². The average molecular weight is 478 g/mol. The number of hydrogen-bond donors (Lipinski definition) is 3. The molecule has 1 aromatic carbocycles. The zero-order valence-corrected chi connectivity index (χ0v) is 18.2. The quantitative estimate of drug-likeness (QED) is 0.374. The van der Waals surface area contributed by atoms with Gasteiger partial charge in [-0.3, -0.25) is 15.2 Å². The van der Waals surface area contributed by atoms with Crippen LogP contribution in [-0.4, -0.2) is 58.0 Å². The number of aromatic nitrogens is 1. The second-order valence-electron chi connectivity index (χ2n) is 8.54. The molecule has 3 aromatic rings. The molecule has 1 saturated heterocycles. The van der Waals surface area contributed by atoms with Crippen LogP contribution in [0.4, 0.5) is 23.2 Å². The van der Waals surface area contributed by atoms with Gasteiger partial charge in [0.2, 0.25) is 0 Å². The number of nitrogens with zero attached hydrogens (tertiary/aromatic N) is 2. The number of piperidine rings is 1. The van der Waals surface area contributed by atoms with Crippen LogP contribution in [-0.2, 0) is 0 Å². The number of alkyl halides is 3. The number of pyridine rings is 1. The van der Waals surface area contributed by atoms with Gasteiger partial charge >= 0.3 is 6.18 Å². The van der Waals surface area contributed by atoms with Crippen molar-refractivity contribution in [3.63, 3.8) is 0 Å². The second-order valence-corrected chi connectivity index (χ2v) is 8.54. The lowest BCUT2D eigenvalue weighted by molar-refractivity contribution is -0.115. The van der Waals surface area contributed by atoms with Crippen LogP contribution in [0, 0.1) is 11.2 Å². The van der Waals surface area contributed by atoms with E-state index in [1.807, 2.05) is 0 Å². The first-order valence-corrected chi connectivity index (χ1v) is 10.5. The number of furan rings is 1. The monoisotopic (exact) mass is 478 g/mol. The Hall–Kier alpha value is -3.47. The van der Waals surface area contributed by atoms with Crippen LogP contribution in [0.3, 0.4) is 0 Å². The number of likely N-dealkylation sites (tertiary alicyclic amines) is 1. The molecule has 34 heavy (non-hydrogen) atoms. The highest BCUT2D eigenvalue weighted by Gasteiger charge is 2.32. The lowest BCUT2D eigenvalue weighted by Crippen LogP contribution is -2.45. The predicted octanol–water partition coefficient (Wildman–Crippen LogP) is 4.34. The van der Waals surface area contributed by atoms with Gasteiger partial charge in [-0.2, -0.15) is 13.2 Å². The van der Waals surface area contributed by atoms with Crippen LogP contribution in [0.2, 0.25) is 0 Å². The van der Waals surface area contributed by atoms with Gasteiger partial charge in [-0.1, -0.05) is 0 Å². The molecule has 1 aliphatic rings. The molecule has 0 unspecified atom stereocenters. The van der Waals surface area contributed by atoms with Crippen LogP contribution in [0.5, 0.6) is 0 Å². The molecule has 1 aliphatic heterocycles. The van der Waals surface area contributed by atoms with Gasteiger partial charge in [0.05, 0.1) is 11.3 Å². The number of aliphatic hydroxyl groups is 1. The van der Waals surface area contributed by atoms with Gasteiger partial charge in [-0.25, -0.2) is 4.39 Å². The third kappa shape index (κ3) is 5.04. The second kappa shape index (κ2) is 8.71. The number of halogens is 4. The van der Waals surface area contributed by atoms with Crippen LogP contribution < -0.4 is 5.32 Å². The number of amides is 1. The first-order chi connectivity index (χ1) is 15.9. The van der Waals surface area contributed by atoms with E-state index in [1.54, 1.807) is 6.92 Å². The summed E-state index contributed by atoms with van der Waals surface area (Å²) in [6.07, 6.45) is -1.45. The molecule has 1 fully saturated rings. The van der Waals surface area contributed by atoms with Crippen molar-refractivity contribution in [2.24, 2.45) is 0 Å².